The van der Waals surface area contributed by atoms with E-state index in [-0.39, 0.29) is 6.04 Å². The number of benzene rings is 1. The first-order valence-electron chi connectivity index (χ1n) is 7.14. The van der Waals surface area contributed by atoms with Crippen LogP contribution in [-0.4, -0.2) is 15.8 Å². The minimum Gasteiger partial charge on any atom is -0.453 e. The minimum atomic E-state index is 0.136. The van der Waals surface area contributed by atoms with Gasteiger partial charge in [0.2, 0.25) is 0 Å². The first kappa shape index (κ1) is 15.9. The lowest BCUT2D eigenvalue weighted by atomic mass is 10.0. The maximum atomic E-state index is 6.33. The van der Waals surface area contributed by atoms with Crippen LogP contribution < -0.4 is 10.5 Å². The van der Waals surface area contributed by atoms with E-state index >= 15 is 0 Å². The molecule has 2 N–H and O–H groups in total. The summed E-state index contributed by atoms with van der Waals surface area (Å²) < 4.78 is 7.74. The van der Waals surface area contributed by atoms with Crippen molar-refractivity contribution in [2.75, 3.05) is 0 Å². The molecule has 0 aliphatic rings. The van der Waals surface area contributed by atoms with Gasteiger partial charge in [0.05, 0.1) is 5.69 Å². The van der Waals surface area contributed by atoms with Crippen LogP contribution >= 0.6 is 11.6 Å². The Morgan fingerprint density at radius 3 is 2.62 bits per heavy atom. The van der Waals surface area contributed by atoms with Crippen molar-refractivity contribution in [2.45, 2.75) is 39.7 Å². The van der Waals surface area contributed by atoms with E-state index in [0.717, 1.165) is 35.5 Å². The molecule has 1 aromatic heterocycles. The van der Waals surface area contributed by atoms with Gasteiger partial charge in [-0.2, -0.15) is 5.10 Å². The Labute approximate surface area is 130 Å². The van der Waals surface area contributed by atoms with Crippen LogP contribution in [0.3, 0.4) is 0 Å². The van der Waals surface area contributed by atoms with Gasteiger partial charge in [-0.05, 0) is 44.4 Å². The van der Waals surface area contributed by atoms with Crippen LogP contribution in [0.15, 0.2) is 18.2 Å². The second-order valence-electron chi connectivity index (χ2n) is 5.35. The van der Waals surface area contributed by atoms with Gasteiger partial charge in [0.25, 0.3) is 0 Å². The summed E-state index contributed by atoms with van der Waals surface area (Å²) in [7, 11) is 1.90. The van der Waals surface area contributed by atoms with Gasteiger partial charge in [-0.15, -0.1) is 0 Å². The predicted octanol–water partition coefficient (Wildman–Crippen LogP) is 3.76. The number of nitrogens with zero attached hydrogens (tertiary/aromatic N) is 2. The van der Waals surface area contributed by atoms with Gasteiger partial charge in [0.1, 0.15) is 11.4 Å². The standard InChI is InChI=1S/C16H22ClN3O/c1-5-13(18)8-12-6-7-14(9-15(12)17)21-16-10(2)19-20(4)11(16)3/h6-7,9,13H,5,8,18H2,1-4H3. The normalized spacial score (nSPS) is 12.5. The highest BCUT2D eigenvalue weighted by atomic mass is 35.5. The predicted molar refractivity (Wildman–Crippen MR) is 86.2 cm³/mol. The number of halogens is 1. The average molecular weight is 308 g/mol. The first-order chi connectivity index (χ1) is 9.92. The fraction of sp³-hybridized carbons (Fsp3) is 0.438. The number of ether oxygens (including phenoxy) is 1. The highest BCUT2D eigenvalue weighted by molar-refractivity contribution is 6.31. The largest absolute Gasteiger partial charge is 0.453 e. The lowest BCUT2D eigenvalue weighted by molar-refractivity contribution is 0.474. The third kappa shape index (κ3) is 3.57. The molecule has 21 heavy (non-hydrogen) atoms. The number of aromatic nitrogens is 2. The first-order valence-corrected chi connectivity index (χ1v) is 7.52. The SMILES string of the molecule is CCC(N)Cc1ccc(Oc2c(C)nn(C)c2C)cc1Cl. The molecular formula is C16H22ClN3O. The summed E-state index contributed by atoms with van der Waals surface area (Å²) in [5, 5.41) is 5.03. The Bertz CT molecular complexity index is 637. The molecule has 5 heteroatoms. The second-order valence-corrected chi connectivity index (χ2v) is 5.76. The molecule has 1 aromatic carbocycles. The van der Waals surface area contributed by atoms with Gasteiger partial charge >= 0.3 is 0 Å². The maximum absolute atomic E-state index is 6.33. The van der Waals surface area contributed by atoms with Gasteiger partial charge in [0.15, 0.2) is 5.75 Å². The smallest absolute Gasteiger partial charge is 0.171 e. The molecule has 0 saturated carbocycles. The zero-order valence-corrected chi connectivity index (χ0v) is 13.7. The van der Waals surface area contributed by atoms with Crippen LogP contribution in [0.5, 0.6) is 11.5 Å². The summed E-state index contributed by atoms with van der Waals surface area (Å²) in [4.78, 5) is 0. The molecule has 0 radical (unpaired) electrons. The topological polar surface area (TPSA) is 53.1 Å². The van der Waals surface area contributed by atoms with Crippen molar-refractivity contribution in [3.8, 4) is 11.5 Å². The molecule has 1 atom stereocenters. The maximum Gasteiger partial charge on any atom is 0.171 e. The van der Waals surface area contributed by atoms with E-state index in [2.05, 4.69) is 12.0 Å². The van der Waals surface area contributed by atoms with Crippen LogP contribution in [0, 0.1) is 13.8 Å². The lowest BCUT2D eigenvalue weighted by Gasteiger charge is -2.12. The molecule has 0 aliphatic carbocycles. The fourth-order valence-electron chi connectivity index (χ4n) is 2.20. The van der Waals surface area contributed by atoms with E-state index in [9.17, 15) is 0 Å². The van der Waals surface area contributed by atoms with Crippen LogP contribution in [0.2, 0.25) is 5.02 Å². The zero-order valence-electron chi connectivity index (χ0n) is 13.0. The molecule has 0 aliphatic heterocycles. The van der Waals surface area contributed by atoms with E-state index in [1.165, 1.54) is 0 Å². The van der Waals surface area contributed by atoms with E-state index in [1.807, 2.05) is 39.1 Å². The molecule has 0 fully saturated rings. The molecule has 4 nitrogen and oxygen atoms in total. The monoisotopic (exact) mass is 307 g/mol. The lowest BCUT2D eigenvalue weighted by Crippen LogP contribution is -2.21. The summed E-state index contributed by atoms with van der Waals surface area (Å²) in [5.41, 5.74) is 8.88. The minimum absolute atomic E-state index is 0.136. The van der Waals surface area contributed by atoms with E-state index in [1.54, 1.807) is 4.68 Å². The van der Waals surface area contributed by atoms with Crippen molar-refractivity contribution in [1.82, 2.24) is 9.78 Å². The van der Waals surface area contributed by atoms with Gasteiger partial charge in [-0.25, -0.2) is 0 Å². The Balaban J connectivity index is 2.20. The Hall–Kier alpha value is -1.52. The van der Waals surface area contributed by atoms with E-state index < -0.39 is 0 Å². The highest BCUT2D eigenvalue weighted by Gasteiger charge is 2.13. The third-order valence-corrected chi connectivity index (χ3v) is 4.05. The van der Waals surface area contributed by atoms with Crippen LogP contribution in [0.25, 0.3) is 0 Å². The molecule has 0 saturated heterocycles. The Kier molecular flexibility index (Phi) is 4.91. The number of hydrogen-bond acceptors (Lipinski definition) is 3. The van der Waals surface area contributed by atoms with Crippen molar-refractivity contribution in [3.05, 3.63) is 40.2 Å². The number of hydrogen-bond donors (Lipinski definition) is 1. The number of rotatable bonds is 5. The Morgan fingerprint density at radius 1 is 1.38 bits per heavy atom. The van der Waals surface area contributed by atoms with Gasteiger partial charge in [0, 0.05) is 18.1 Å². The molecule has 114 valence electrons. The number of nitrogens with two attached hydrogens (primary N) is 1. The molecule has 2 aromatic rings. The number of aryl methyl sites for hydroxylation is 2. The third-order valence-electron chi connectivity index (χ3n) is 3.69. The van der Waals surface area contributed by atoms with Gasteiger partial charge in [-0.1, -0.05) is 24.6 Å². The summed E-state index contributed by atoms with van der Waals surface area (Å²) in [6.07, 6.45) is 1.71. The highest BCUT2D eigenvalue weighted by Crippen LogP contribution is 2.31. The van der Waals surface area contributed by atoms with Crippen LogP contribution in [0.1, 0.15) is 30.3 Å². The molecule has 2 rings (SSSR count). The van der Waals surface area contributed by atoms with Crippen LogP contribution in [0.4, 0.5) is 0 Å². The molecular weight excluding hydrogens is 286 g/mol. The summed E-state index contributed by atoms with van der Waals surface area (Å²) in [6.45, 7) is 5.98. The average Bonchev–Trinajstić information content (AvgIpc) is 2.68. The molecule has 1 heterocycles. The van der Waals surface area contributed by atoms with Gasteiger partial charge < -0.3 is 10.5 Å². The van der Waals surface area contributed by atoms with Gasteiger partial charge in [-0.3, -0.25) is 4.68 Å². The van der Waals surface area contributed by atoms with Crippen LogP contribution in [-0.2, 0) is 13.5 Å². The summed E-state index contributed by atoms with van der Waals surface area (Å²) >= 11 is 6.33. The quantitative estimate of drug-likeness (QED) is 0.915. The van der Waals surface area contributed by atoms with Crippen molar-refractivity contribution < 1.29 is 4.74 Å². The Morgan fingerprint density at radius 2 is 2.10 bits per heavy atom. The zero-order chi connectivity index (χ0) is 15.6. The summed E-state index contributed by atoms with van der Waals surface area (Å²) in [6, 6.07) is 5.88. The molecule has 0 amide bonds. The van der Waals surface area contributed by atoms with Crippen molar-refractivity contribution in [3.63, 3.8) is 0 Å². The van der Waals surface area contributed by atoms with E-state index in [0.29, 0.717) is 10.8 Å². The van der Waals surface area contributed by atoms with Crippen molar-refractivity contribution >= 4 is 11.6 Å². The fourth-order valence-corrected chi connectivity index (χ4v) is 2.45. The molecule has 0 spiro atoms. The van der Waals surface area contributed by atoms with Crippen molar-refractivity contribution in [2.24, 2.45) is 12.8 Å². The molecule has 1 unspecified atom stereocenters. The summed E-state index contributed by atoms with van der Waals surface area (Å²) in [5.74, 6) is 1.50. The van der Waals surface area contributed by atoms with E-state index in [4.69, 9.17) is 22.1 Å². The van der Waals surface area contributed by atoms with Crippen molar-refractivity contribution in [1.29, 1.82) is 0 Å². The second kappa shape index (κ2) is 6.50. The molecule has 0 bridgehead atoms.